The number of fused-ring (bicyclic) bond motifs is 1. The second kappa shape index (κ2) is 9.80. The van der Waals surface area contributed by atoms with E-state index in [4.69, 9.17) is 0 Å². The van der Waals surface area contributed by atoms with Gasteiger partial charge < -0.3 is 10.2 Å². The van der Waals surface area contributed by atoms with Crippen LogP contribution >= 0.6 is 0 Å². The number of nitrogens with one attached hydrogen (secondary N) is 1. The van der Waals surface area contributed by atoms with Crippen molar-refractivity contribution >= 4 is 17.2 Å². The summed E-state index contributed by atoms with van der Waals surface area (Å²) in [6, 6.07) is 10.1. The summed E-state index contributed by atoms with van der Waals surface area (Å²) in [6.07, 6.45) is 1.94. The maximum atomic E-state index is 11.4. The molecule has 0 spiro atoms. The molecule has 2 atom stereocenters. The summed E-state index contributed by atoms with van der Waals surface area (Å²) in [7, 11) is -0.783. The smallest absolute Gasteiger partial charge is 0.209 e. The fraction of sp³-hybridized carbons (Fsp3) is 0.588. The SMILES string of the molecule is CCCS(=O)c1ccccc1.O=CN1CCN2CCNCC2C1. The third-order valence-corrected chi connectivity index (χ3v) is 5.71. The summed E-state index contributed by atoms with van der Waals surface area (Å²) in [4.78, 5) is 15.8. The molecule has 1 N–H and O–H groups in total. The Kier molecular flexibility index (Phi) is 7.71. The Bertz CT molecular complexity index is 498. The quantitative estimate of drug-likeness (QED) is 0.831. The number of hydrogen-bond acceptors (Lipinski definition) is 4. The second-order valence-corrected chi connectivity index (χ2v) is 7.43. The third-order valence-electron chi connectivity index (χ3n) is 4.14. The van der Waals surface area contributed by atoms with E-state index >= 15 is 0 Å². The average molecular weight is 337 g/mol. The molecule has 2 heterocycles. The van der Waals surface area contributed by atoms with Crippen LogP contribution in [0.15, 0.2) is 35.2 Å². The number of piperazine rings is 2. The normalized spacial score (nSPS) is 22.5. The lowest BCUT2D eigenvalue weighted by atomic mass is 10.1. The molecule has 0 bridgehead atoms. The largest absolute Gasteiger partial charge is 0.342 e. The zero-order chi connectivity index (χ0) is 16.5. The average Bonchev–Trinajstić information content (AvgIpc) is 2.63. The van der Waals surface area contributed by atoms with Crippen molar-refractivity contribution in [3.05, 3.63) is 30.3 Å². The van der Waals surface area contributed by atoms with Crippen LogP contribution in [-0.2, 0) is 15.6 Å². The number of benzene rings is 1. The third kappa shape index (κ3) is 5.71. The van der Waals surface area contributed by atoms with Gasteiger partial charge in [0.25, 0.3) is 0 Å². The molecule has 2 saturated heterocycles. The van der Waals surface area contributed by atoms with Crippen LogP contribution in [0, 0.1) is 0 Å². The van der Waals surface area contributed by atoms with Crippen molar-refractivity contribution in [2.75, 3.05) is 45.0 Å². The molecule has 5 nitrogen and oxygen atoms in total. The van der Waals surface area contributed by atoms with E-state index in [1.807, 2.05) is 42.2 Å². The fourth-order valence-electron chi connectivity index (χ4n) is 2.87. The summed E-state index contributed by atoms with van der Waals surface area (Å²) < 4.78 is 11.4. The van der Waals surface area contributed by atoms with Crippen molar-refractivity contribution in [2.45, 2.75) is 24.3 Å². The van der Waals surface area contributed by atoms with Gasteiger partial charge >= 0.3 is 0 Å². The van der Waals surface area contributed by atoms with Gasteiger partial charge in [0.2, 0.25) is 6.41 Å². The van der Waals surface area contributed by atoms with E-state index in [1.54, 1.807) is 0 Å². The molecule has 2 aliphatic rings. The molecule has 1 amide bonds. The number of carbonyl (C=O) groups excluding carboxylic acids is 1. The van der Waals surface area contributed by atoms with Crippen molar-refractivity contribution in [1.29, 1.82) is 0 Å². The number of rotatable bonds is 4. The monoisotopic (exact) mass is 337 g/mol. The van der Waals surface area contributed by atoms with Gasteiger partial charge in [0.15, 0.2) is 0 Å². The fourth-order valence-corrected chi connectivity index (χ4v) is 3.93. The zero-order valence-corrected chi connectivity index (χ0v) is 14.6. The van der Waals surface area contributed by atoms with E-state index in [1.165, 1.54) is 0 Å². The van der Waals surface area contributed by atoms with Gasteiger partial charge in [0, 0.05) is 56.0 Å². The van der Waals surface area contributed by atoms with Crippen LogP contribution in [0.2, 0.25) is 0 Å². The lowest BCUT2D eigenvalue weighted by molar-refractivity contribution is -0.121. The Morgan fingerprint density at radius 1 is 1.26 bits per heavy atom. The molecule has 0 aromatic heterocycles. The maximum absolute atomic E-state index is 11.4. The van der Waals surface area contributed by atoms with Gasteiger partial charge in [-0.05, 0) is 18.6 Å². The van der Waals surface area contributed by atoms with Crippen LogP contribution in [0.4, 0.5) is 0 Å². The molecule has 2 fully saturated rings. The van der Waals surface area contributed by atoms with E-state index in [2.05, 4.69) is 10.2 Å². The Hall–Kier alpha value is -1.24. The van der Waals surface area contributed by atoms with Gasteiger partial charge in [-0.3, -0.25) is 13.9 Å². The van der Waals surface area contributed by atoms with E-state index in [0.29, 0.717) is 6.04 Å². The summed E-state index contributed by atoms with van der Waals surface area (Å²) in [5.74, 6) is 0.768. The molecule has 128 valence electrons. The van der Waals surface area contributed by atoms with Crippen LogP contribution in [-0.4, -0.2) is 71.5 Å². The highest BCUT2D eigenvalue weighted by molar-refractivity contribution is 7.85. The molecule has 23 heavy (non-hydrogen) atoms. The Morgan fingerprint density at radius 3 is 2.74 bits per heavy atom. The standard InChI is InChI=1S/C9H12OS.C8H15N3O/c1-2-8-11(10)9-6-4-3-5-7-9;12-7-10-3-4-11-2-1-9-5-8(11)6-10/h3-7H,2,8H2,1H3;7-9H,1-6H2. The number of amides is 1. The first-order valence-electron chi connectivity index (χ1n) is 8.32. The summed E-state index contributed by atoms with van der Waals surface area (Å²) in [6.45, 7) is 8.15. The molecule has 1 aromatic carbocycles. The summed E-state index contributed by atoms with van der Waals surface area (Å²) >= 11 is 0. The van der Waals surface area contributed by atoms with Crippen molar-refractivity contribution in [1.82, 2.24) is 15.1 Å². The molecule has 0 saturated carbocycles. The van der Waals surface area contributed by atoms with Crippen LogP contribution in [0.5, 0.6) is 0 Å². The van der Waals surface area contributed by atoms with E-state index < -0.39 is 10.8 Å². The summed E-state index contributed by atoms with van der Waals surface area (Å²) in [5.41, 5.74) is 0. The van der Waals surface area contributed by atoms with E-state index in [0.717, 1.165) is 62.7 Å². The van der Waals surface area contributed by atoms with Gasteiger partial charge in [-0.25, -0.2) is 0 Å². The first-order chi connectivity index (χ1) is 11.2. The predicted octanol–water partition coefficient (Wildman–Crippen LogP) is 0.936. The molecular formula is C17H27N3O2S. The van der Waals surface area contributed by atoms with Gasteiger partial charge in [0.1, 0.15) is 0 Å². The first-order valence-corrected chi connectivity index (χ1v) is 9.64. The molecule has 2 unspecified atom stereocenters. The topological polar surface area (TPSA) is 52.7 Å². The lowest BCUT2D eigenvalue weighted by Crippen LogP contribution is -2.60. The van der Waals surface area contributed by atoms with Gasteiger partial charge in [-0.2, -0.15) is 0 Å². The number of nitrogens with zero attached hydrogens (tertiary/aromatic N) is 2. The molecule has 1 aromatic rings. The minimum Gasteiger partial charge on any atom is -0.342 e. The highest BCUT2D eigenvalue weighted by Crippen LogP contribution is 2.09. The van der Waals surface area contributed by atoms with E-state index in [-0.39, 0.29) is 0 Å². The van der Waals surface area contributed by atoms with E-state index in [9.17, 15) is 9.00 Å². The van der Waals surface area contributed by atoms with Crippen LogP contribution < -0.4 is 5.32 Å². The number of carbonyl (C=O) groups is 1. The lowest BCUT2D eigenvalue weighted by Gasteiger charge is -2.42. The second-order valence-electron chi connectivity index (χ2n) is 5.86. The minimum atomic E-state index is -0.783. The zero-order valence-electron chi connectivity index (χ0n) is 13.8. The Labute approximate surface area is 141 Å². The number of hydrogen-bond donors (Lipinski definition) is 1. The molecular weight excluding hydrogens is 310 g/mol. The van der Waals surface area contributed by atoms with Crippen LogP contribution in [0.25, 0.3) is 0 Å². The molecule has 2 aliphatic heterocycles. The van der Waals surface area contributed by atoms with Gasteiger partial charge in [0.05, 0.1) is 10.8 Å². The predicted molar refractivity (Wildman–Crippen MR) is 93.9 cm³/mol. The van der Waals surface area contributed by atoms with Gasteiger partial charge in [-0.15, -0.1) is 0 Å². The highest BCUT2D eigenvalue weighted by Gasteiger charge is 2.27. The van der Waals surface area contributed by atoms with Crippen molar-refractivity contribution in [2.24, 2.45) is 0 Å². The highest BCUT2D eigenvalue weighted by atomic mass is 32.2. The Balaban J connectivity index is 0.000000168. The first kappa shape index (κ1) is 18.1. The molecule has 6 heteroatoms. The van der Waals surface area contributed by atoms with Crippen LogP contribution in [0.1, 0.15) is 13.3 Å². The molecule has 0 radical (unpaired) electrons. The van der Waals surface area contributed by atoms with Crippen molar-refractivity contribution < 1.29 is 9.00 Å². The minimum absolute atomic E-state index is 0.553. The Morgan fingerprint density at radius 2 is 2.04 bits per heavy atom. The molecule has 0 aliphatic carbocycles. The van der Waals surface area contributed by atoms with Gasteiger partial charge in [-0.1, -0.05) is 25.1 Å². The van der Waals surface area contributed by atoms with Crippen molar-refractivity contribution in [3.63, 3.8) is 0 Å². The van der Waals surface area contributed by atoms with Crippen molar-refractivity contribution in [3.8, 4) is 0 Å². The summed E-state index contributed by atoms with van der Waals surface area (Å²) in [5, 5.41) is 3.34. The van der Waals surface area contributed by atoms with Crippen LogP contribution in [0.3, 0.4) is 0 Å². The maximum Gasteiger partial charge on any atom is 0.209 e. The molecule has 3 rings (SSSR count).